The van der Waals surface area contributed by atoms with E-state index in [-0.39, 0.29) is 41.9 Å². The van der Waals surface area contributed by atoms with E-state index in [1.54, 1.807) is 0 Å². The molecule has 27 heavy (non-hydrogen) atoms. The lowest BCUT2D eigenvalue weighted by Gasteiger charge is -2.27. The van der Waals surface area contributed by atoms with Gasteiger partial charge in [-0.15, -0.1) is 0 Å². The summed E-state index contributed by atoms with van der Waals surface area (Å²) in [6, 6.07) is 5.48. The predicted octanol–water partition coefficient (Wildman–Crippen LogP) is 1.67. The Morgan fingerprint density at radius 3 is 2.74 bits per heavy atom. The maximum atomic E-state index is 12.7. The molecule has 7 nitrogen and oxygen atoms in total. The van der Waals surface area contributed by atoms with E-state index in [1.807, 2.05) is 12.1 Å². The first-order valence-electron chi connectivity index (χ1n) is 9.45. The Morgan fingerprint density at radius 1 is 1.15 bits per heavy atom. The number of hydrogen-bond acceptors (Lipinski definition) is 5. The molecule has 3 aliphatic rings. The van der Waals surface area contributed by atoms with Crippen LogP contribution >= 0.6 is 0 Å². The molecule has 0 spiro atoms. The van der Waals surface area contributed by atoms with E-state index < -0.39 is 15.9 Å². The predicted molar refractivity (Wildman–Crippen MR) is 102 cm³/mol. The molecule has 0 bridgehead atoms. The van der Waals surface area contributed by atoms with Gasteiger partial charge in [-0.3, -0.25) is 9.59 Å². The van der Waals surface area contributed by atoms with Gasteiger partial charge in [-0.2, -0.15) is 5.10 Å². The zero-order valence-electron chi connectivity index (χ0n) is 15.1. The Labute approximate surface area is 158 Å². The molecule has 144 valence electrons. The van der Waals surface area contributed by atoms with Crippen molar-refractivity contribution in [3.8, 4) is 0 Å². The molecule has 1 unspecified atom stereocenters. The number of rotatable bonds is 3. The molecular weight excluding hydrogens is 366 g/mol. The van der Waals surface area contributed by atoms with Crippen molar-refractivity contribution in [1.82, 2.24) is 5.01 Å². The number of anilines is 1. The molecule has 2 amide bonds. The fourth-order valence-electron chi connectivity index (χ4n) is 4.08. The number of benzene rings is 1. The van der Waals surface area contributed by atoms with Gasteiger partial charge in [-0.1, -0.05) is 12.1 Å². The molecule has 1 aromatic carbocycles. The number of hydrogen-bond donors (Lipinski definition) is 1. The summed E-state index contributed by atoms with van der Waals surface area (Å²) >= 11 is 0. The van der Waals surface area contributed by atoms with Gasteiger partial charge in [0.15, 0.2) is 9.84 Å². The Kier molecular flexibility index (Phi) is 4.75. The van der Waals surface area contributed by atoms with Crippen LogP contribution in [0.3, 0.4) is 0 Å². The van der Waals surface area contributed by atoms with Crippen LogP contribution in [0.25, 0.3) is 0 Å². The van der Waals surface area contributed by atoms with Gasteiger partial charge in [0, 0.05) is 18.5 Å². The first-order valence-corrected chi connectivity index (χ1v) is 11.3. The summed E-state index contributed by atoms with van der Waals surface area (Å²) in [6.45, 7) is 0. The number of nitrogens with one attached hydrogen (secondary N) is 1. The van der Waals surface area contributed by atoms with Crippen LogP contribution in [0.15, 0.2) is 23.3 Å². The number of hydrazone groups is 1. The summed E-state index contributed by atoms with van der Waals surface area (Å²) in [7, 11) is -3.13. The zero-order valence-corrected chi connectivity index (χ0v) is 15.9. The van der Waals surface area contributed by atoms with Crippen molar-refractivity contribution in [3.05, 3.63) is 29.3 Å². The van der Waals surface area contributed by atoms with Gasteiger partial charge in [0.2, 0.25) is 5.91 Å². The topological polar surface area (TPSA) is 95.9 Å². The average Bonchev–Trinajstić information content (AvgIpc) is 3.02. The van der Waals surface area contributed by atoms with Gasteiger partial charge >= 0.3 is 0 Å². The van der Waals surface area contributed by atoms with Gasteiger partial charge in [0.1, 0.15) is 5.71 Å². The highest BCUT2D eigenvalue weighted by atomic mass is 32.2. The summed E-state index contributed by atoms with van der Waals surface area (Å²) in [6.07, 6.45) is 5.07. The van der Waals surface area contributed by atoms with Crippen molar-refractivity contribution < 1.29 is 18.0 Å². The smallest absolute Gasteiger partial charge is 0.271 e. The minimum Gasteiger partial charge on any atom is -0.321 e. The van der Waals surface area contributed by atoms with E-state index in [1.165, 1.54) is 22.6 Å². The number of fused-ring (bicyclic) bond motifs is 1. The Hall–Kier alpha value is -2.22. The van der Waals surface area contributed by atoms with Crippen molar-refractivity contribution in [3.63, 3.8) is 0 Å². The van der Waals surface area contributed by atoms with Gasteiger partial charge in [0.05, 0.1) is 17.5 Å². The van der Waals surface area contributed by atoms with Crippen molar-refractivity contribution in [2.75, 3.05) is 16.8 Å². The zero-order chi connectivity index (χ0) is 19.0. The van der Waals surface area contributed by atoms with Gasteiger partial charge in [0.25, 0.3) is 5.91 Å². The third kappa shape index (κ3) is 3.76. The van der Waals surface area contributed by atoms with E-state index in [2.05, 4.69) is 16.5 Å². The third-order valence-electron chi connectivity index (χ3n) is 5.52. The average molecular weight is 389 g/mol. The second kappa shape index (κ2) is 7.07. The standard InChI is InChI=1S/C19H23N3O4S/c23-18-9-8-17(21-22(18)14-10-11-27(25,26)12-14)19(24)20-16-7-3-5-13-4-1-2-6-15(13)16/h3,5,7,14H,1-2,4,6,8-12H2,(H,20,24). The molecule has 2 heterocycles. The molecule has 0 aromatic heterocycles. The molecule has 1 saturated heterocycles. The maximum Gasteiger partial charge on any atom is 0.271 e. The SMILES string of the molecule is O=C(Nc1cccc2c1CCCC2)C1=NN(C2CCS(=O)(=O)C2)C(=O)CC1. The van der Waals surface area contributed by atoms with Crippen molar-refractivity contribution in [2.24, 2.45) is 5.10 Å². The van der Waals surface area contributed by atoms with E-state index >= 15 is 0 Å². The summed E-state index contributed by atoms with van der Waals surface area (Å²) < 4.78 is 23.4. The van der Waals surface area contributed by atoms with Gasteiger partial charge < -0.3 is 5.32 Å². The molecule has 2 aliphatic heterocycles. The lowest BCUT2D eigenvalue weighted by Crippen LogP contribution is -2.42. The minimum absolute atomic E-state index is 0.0641. The molecule has 0 saturated carbocycles. The van der Waals surface area contributed by atoms with Crippen LogP contribution in [-0.2, 0) is 32.3 Å². The highest BCUT2D eigenvalue weighted by Gasteiger charge is 2.37. The van der Waals surface area contributed by atoms with Crippen molar-refractivity contribution in [2.45, 2.75) is 51.0 Å². The van der Waals surface area contributed by atoms with E-state index in [0.29, 0.717) is 6.42 Å². The molecule has 1 aliphatic carbocycles. The lowest BCUT2D eigenvalue weighted by atomic mass is 9.90. The number of aryl methyl sites for hydroxylation is 1. The fraction of sp³-hybridized carbons (Fsp3) is 0.526. The number of nitrogens with zero attached hydrogens (tertiary/aromatic N) is 2. The molecule has 1 fully saturated rings. The monoisotopic (exact) mass is 389 g/mol. The lowest BCUT2D eigenvalue weighted by molar-refractivity contribution is -0.133. The number of sulfone groups is 1. The van der Waals surface area contributed by atoms with Crippen LogP contribution in [-0.4, -0.2) is 48.5 Å². The Morgan fingerprint density at radius 2 is 1.96 bits per heavy atom. The molecule has 8 heteroatoms. The number of amides is 2. The van der Waals surface area contributed by atoms with Crippen LogP contribution in [0, 0.1) is 0 Å². The first-order chi connectivity index (χ1) is 12.9. The quantitative estimate of drug-likeness (QED) is 0.850. The van der Waals surface area contributed by atoms with Crippen LogP contribution in [0.4, 0.5) is 5.69 Å². The van der Waals surface area contributed by atoms with Crippen LogP contribution in [0.2, 0.25) is 0 Å². The largest absolute Gasteiger partial charge is 0.321 e. The first kappa shape index (κ1) is 18.2. The second-order valence-corrected chi connectivity index (χ2v) is 9.68. The number of carbonyl (C=O) groups is 2. The summed E-state index contributed by atoms with van der Waals surface area (Å²) in [5.74, 6) is -0.545. The van der Waals surface area contributed by atoms with Crippen LogP contribution in [0.5, 0.6) is 0 Å². The van der Waals surface area contributed by atoms with Gasteiger partial charge in [-0.25, -0.2) is 13.4 Å². The molecule has 1 aromatic rings. The Balaban J connectivity index is 1.53. The molecule has 0 radical (unpaired) electrons. The fourth-order valence-corrected chi connectivity index (χ4v) is 5.77. The highest BCUT2D eigenvalue weighted by Crippen LogP contribution is 2.28. The van der Waals surface area contributed by atoms with Crippen LogP contribution < -0.4 is 5.32 Å². The van der Waals surface area contributed by atoms with Crippen molar-refractivity contribution in [1.29, 1.82) is 0 Å². The number of carbonyl (C=O) groups excluding carboxylic acids is 2. The molecule has 1 N–H and O–H groups in total. The van der Waals surface area contributed by atoms with Gasteiger partial charge in [-0.05, 0) is 49.3 Å². The highest BCUT2D eigenvalue weighted by molar-refractivity contribution is 7.91. The molecule has 4 rings (SSSR count). The summed E-state index contributed by atoms with van der Waals surface area (Å²) in [5, 5.41) is 8.42. The second-order valence-electron chi connectivity index (χ2n) is 7.45. The van der Waals surface area contributed by atoms with E-state index in [9.17, 15) is 18.0 Å². The van der Waals surface area contributed by atoms with Crippen LogP contribution in [0.1, 0.15) is 43.2 Å². The maximum absolute atomic E-state index is 12.7. The van der Waals surface area contributed by atoms with E-state index in [0.717, 1.165) is 24.9 Å². The summed E-state index contributed by atoms with van der Waals surface area (Å²) in [4.78, 5) is 25.0. The normalized spacial score (nSPS) is 24.3. The molecular formula is C19H23N3O4S. The molecule has 1 atom stereocenters. The Bertz CT molecular complexity index is 923. The third-order valence-corrected chi connectivity index (χ3v) is 7.27. The summed E-state index contributed by atoms with van der Waals surface area (Å²) in [5.41, 5.74) is 3.56. The van der Waals surface area contributed by atoms with Crippen molar-refractivity contribution >= 4 is 33.1 Å². The van der Waals surface area contributed by atoms with E-state index in [4.69, 9.17) is 0 Å². The minimum atomic E-state index is -3.13.